The second kappa shape index (κ2) is 23.5. The number of nitrogens with one attached hydrogen (secondary N) is 2. The molecule has 14 heteroatoms. The molecule has 4 rings (SSSR count). The van der Waals surface area contributed by atoms with Crippen molar-refractivity contribution in [3.63, 3.8) is 0 Å². The highest BCUT2D eigenvalue weighted by atomic mass is 32.2. The fourth-order valence-corrected chi connectivity index (χ4v) is 7.32. The van der Waals surface area contributed by atoms with E-state index in [2.05, 4.69) is 17.0 Å². The summed E-state index contributed by atoms with van der Waals surface area (Å²) in [6.45, 7) is 7.66. The van der Waals surface area contributed by atoms with Crippen molar-refractivity contribution in [2.24, 2.45) is 12.0 Å². The normalized spacial score (nSPS) is 11.8. The maximum Gasteiger partial charge on any atom is 0.338 e. The molecule has 2 N–H and O–H groups in total. The Morgan fingerprint density at radius 2 is 1.54 bits per heavy atom. The lowest BCUT2D eigenvalue weighted by atomic mass is 10.1. The topological polar surface area (TPSA) is 161 Å². The number of esters is 1. The molecule has 1 aromatic heterocycles. The van der Waals surface area contributed by atoms with Gasteiger partial charge >= 0.3 is 5.97 Å². The van der Waals surface area contributed by atoms with Crippen LogP contribution in [0.3, 0.4) is 0 Å². The summed E-state index contributed by atoms with van der Waals surface area (Å²) in [6, 6.07) is 17.1. The SMILES string of the molecule is CCCCCCCCCCCCCCOC(=O)c1ccc(OC)c(NC(=O)C(=Nc2ccc(N(CC)CCNS(C)(=O)=O)cc2C)c2nc3ccccc3c(=O)n2C)c1. The van der Waals surface area contributed by atoms with Gasteiger partial charge in [0.25, 0.3) is 11.5 Å². The number of aromatic nitrogens is 2. The monoisotopic (exact) mass is 830 g/mol. The van der Waals surface area contributed by atoms with Crippen LogP contribution < -0.4 is 25.2 Å². The number of nitrogens with zero attached hydrogens (tertiary/aromatic N) is 4. The number of benzene rings is 3. The van der Waals surface area contributed by atoms with Crippen molar-refractivity contribution in [2.75, 3.05) is 49.8 Å². The molecule has 320 valence electrons. The van der Waals surface area contributed by atoms with Crippen LogP contribution in [0.15, 0.2) is 70.5 Å². The maximum absolute atomic E-state index is 14.4. The first kappa shape index (κ1) is 46.6. The van der Waals surface area contributed by atoms with Crippen LogP contribution in [-0.2, 0) is 26.6 Å². The van der Waals surface area contributed by atoms with Gasteiger partial charge in [-0.15, -0.1) is 0 Å². The number of carbonyl (C=O) groups excluding carboxylic acids is 2. The van der Waals surface area contributed by atoms with Crippen LogP contribution in [0.4, 0.5) is 17.1 Å². The fraction of sp³-hybridized carbons (Fsp3) is 0.489. The number of sulfonamides is 1. The Hall–Kier alpha value is -5.08. The third-order valence-corrected chi connectivity index (χ3v) is 11.0. The van der Waals surface area contributed by atoms with Crippen LogP contribution in [-0.4, -0.2) is 75.2 Å². The molecule has 0 fully saturated rings. The van der Waals surface area contributed by atoms with E-state index < -0.39 is 21.9 Å². The van der Waals surface area contributed by atoms with Crippen molar-refractivity contribution in [3.8, 4) is 5.75 Å². The van der Waals surface area contributed by atoms with Crippen molar-refractivity contribution >= 4 is 55.6 Å². The zero-order valence-electron chi connectivity index (χ0n) is 35.6. The van der Waals surface area contributed by atoms with E-state index >= 15 is 0 Å². The molecule has 13 nitrogen and oxygen atoms in total. The number of likely N-dealkylation sites (N-methyl/N-ethyl adjacent to an activating group) is 1. The summed E-state index contributed by atoms with van der Waals surface area (Å²) < 4.78 is 38.2. The van der Waals surface area contributed by atoms with E-state index in [1.54, 1.807) is 42.5 Å². The molecule has 0 spiro atoms. The summed E-state index contributed by atoms with van der Waals surface area (Å²) in [5.74, 6) is -0.856. The van der Waals surface area contributed by atoms with E-state index in [1.807, 2.05) is 30.9 Å². The highest BCUT2D eigenvalue weighted by molar-refractivity contribution is 7.88. The van der Waals surface area contributed by atoms with Gasteiger partial charge in [0.15, 0.2) is 11.5 Å². The molecule has 3 aromatic carbocycles. The standard InChI is InChI=1S/C45H62N6O7S/c1-7-9-10-11-12-13-14-15-16-17-18-21-30-58-45(54)34-24-27-40(57-5)39(32-34)49-43(52)41(42-48-38-23-20-19-22-36(38)44(53)50(42)4)47-37-26-25-35(31-33(37)3)51(8-2)29-28-46-59(6,55)56/h19-20,22-27,31-32,46H,7-18,21,28-30H2,1-6H3,(H,49,52). The first-order valence-electron chi connectivity index (χ1n) is 20.9. The molecule has 0 radical (unpaired) electrons. The fourth-order valence-electron chi connectivity index (χ4n) is 6.86. The number of para-hydroxylation sites is 1. The molecule has 0 saturated carbocycles. The third kappa shape index (κ3) is 14.3. The maximum atomic E-state index is 14.4. The molecule has 0 unspecified atom stereocenters. The number of rotatable bonds is 25. The minimum Gasteiger partial charge on any atom is -0.495 e. The van der Waals surface area contributed by atoms with Crippen LogP contribution >= 0.6 is 0 Å². The lowest BCUT2D eigenvalue weighted by Gasteiger charge is -2.24. The molecule has 0 aliphatic carbocycles. The van der Waals surface area contributed by atoms with Gasteiger partial charge in [-0.1, -0.05) is 89.7 Å². The summed E-state index contributed by atoms with van der Waals surface area (Å²) in [7, 11) is -0.338. The van der Waals surface area contributed by atoms with Gasteiger partial charge in [-0.3, -0.25) is 14.2 Å². The zero-order chi connectivity index (χ0) is 42.8. The number of carbonyl (C=O) groups is 2. The second-order valence-corrected chi connectivity index (χ2v) is 16.7. The molecule has 0 atom stereocenters. The molecule has 0 saturated heterocycles. The smallest absolute Gasteiger partial charge is 0.338 e. The Morgan fingerprint density at radius 3 is 2.17 bits per heavy atom. The molecule has 1 heterocycles. The van der Waals surface area contributed by atoms with Gasteiger partial charge in [0.2, 0.25) is 10.0 Å². The molecule has 59 heavy (non-hydrogen) atoms. The number of hydrogen-bond donors (Lipinski definition) is 2. The second-order valence-electron chi connectivity index (χ2n) is 14.9. The van der Waals surface area contributed by atoms with E-state index in [4.69, 9.17) is 19.5 Å². The third-order valence-electron chi connectivity index (χ3n) is 10.2. The molecule has 1 amide bonds. The van der Waals surface area contributed by atoms with Gasteiger partial charge in [-0.2, -0.15) is 0 Å². The van der Waals surface area contributed by atoms with Crippen LogP contribution in [0.2, 0.25) is 0 Å². The van der Waals surface area contributed by atoms with Gasteiger partial charge < -0.3 is 19.7 Å². The summed E-state index contributed by atoms with van der Waals surface area (Å²) in [5.41, 5.74) is 2.38. The van der Waals surface area contributed by atoms with Gasteiger partial charge in [0, 0.05) is 32.4 Å². The molecule has 4 aromatic rings. The average molecular weight is 831 g/mol. The minimum absolute atomic E-state index is 0.0358. The molecule has 0 bridgehead atoms. The predicted octanol–water partition coefficient (Wildman–Crippen LogP) is 8.24. The Balaban J connectivity index is 1.52. The first-order valence-corrected chi connectivity index (χ1v) is 22.8. The molecule has 0 aliphatic rings. The Kier molecular flexibility index (Phi) is 18.6. The quantitative estimate of drug-likeness (QED) is 0.0381. The number of amides is 1. The summed E-state index contributed by atoms with van der Waals surface area (Å²) in [5, 5.41) is 3.25. The Morgan fingerprint density at radius 1 is 0.881 bits per heavy atom. The first-order chi connectivity index (χ1) is 28.4. The summed E-state index contributed by atoms with van der Waals surface area (Å²) in [4.78, 5) is 52.6. The van der Waals surface area contributed by atoms with E-state index in [0.29, 0.717) is 42.0 Å². The summed E-state index contributed by atoms with van der Waals surface area (Å²) in [6.07, 6.45) is 15.6. The number of aliphatic imine (C=N–C) groups is 1. The van der Waals surface area contributed by atoms with E-state index in [9.17, 15) is 22.8 Å². The number of hydrogen-bond acceptors (Lipinski definition) is 10. The van der Waals surface area contributed by atoms with Gasteiger partial charge in [0.1, 0.15) is 5.75 Å². The highest BCUT2D eigenvalue weighted by Crippen LogP contribution is 2.29. The number of aryl methyl sites for hydroxylation is 1. The van der Waals surface area contributed by atoms with Gasteiger partial charge in [-0.05, 0) is 74.4 Å². The van der Waals surface area contributed by atoms with Crippen LogP contribution in [0, 0.1) is 6.92 Å². The summed E-state index contributed by atoms with van der Waals surface area (Å²) >= 11 is 0. The van der Waals surface area contributed by atoms with Crippen LogP contribution in [0.25, 0.3) is 10.9 Å². The van der Waals surface area contributed by atoms with Crippen molar-refractivity contribution in [2.45, 2.75) is 97.8 Å². The lowest BCUT2D eigenvalue weighted by molar-refractivity contribution is -0.110. The minimum atomic E-state index is -3.33. The molecule has 0 aliphatic heterocycles. The van der Waals surface area contributed by atoms with Gasteiger partial charge in [-0.25, -0.2) is 27.9 Å². The van der Waals surface area contributed by atoms with E-state index in [0.717, 1.165) is 36.8 Å². The average Bonchev–Trinajstić information content (AvgIpc) is 3.21. The molecular formula is C45H62N6O7S. The van der Waals surface area contributed by atoms with Crippen molar-refractivity contribution in [1.82, 2.24) is 14.3 Å². The predicted molar refractivity (Wildman–Crippen MR) is 238 cm³/mol. The number of fused-ring (bicyclic) bond motifs is 1. The number of ether oxygens (including phenoxy) is 2. The van der Waals surface area contributed by atoms with E-state index in [1.165, 1.54) is 82.6 Å². The van der Waals surface area contributed by atoms with Crippen LogP contribution in [0.5, 0.6) is 5.75 Å². The Bertz CT molecular complexity index is 2220. The van der Waals surface area contributed by atoms with Crippen molar-refractivity contribution < 1.29 is 27.5 Å². The van der Waals surface area contributed by atoms with Crippen molar-refractivity contribution in [3.05, 3.63) is 88.0 Å². The highest BCUT2D eigenvalue weighted by Gasteiger charge is 2.24. The number of methoxy groups -OCH3 is 1. The zero-order valence-corrected chi connectivity index (χ0v) is 36.5. The molecular weight excluding hydrogens is 769 g/mol. The van der Waals surface area contributed by atoms with E-state index in [-0.39, 0.29) is 34.9 Å². The number of unbranched alkanes of at least 4 members (excludes halogenated alkanes) is 11. The van der Waals surface area contributed by atoms with Crippen LogP contribution in [0.1, 0.15) is 113 Å². The largest absolute Gasteiger partial charge is 0.495 e. The van der Waals surface area contributed by atoms with Gasteiger partial charge in [0.05, 0.1) is 47.8 Å². The lowest BCUT2D eigenvalue weighted by Crippen LogP contribution is -2.34. The Labute approximate surface area is 349 Å². The number of anilines is 2. The van der Waals surface area contributed by atoms with Crippen molar-refractivity contribution in [1.29, 1.82) is 0 Å².